The highest BCUT2D eigenvalue weighted by atomic mass is 16.7. The van der Waals surface area contributed by atoms with Crippen molar-refractivity contribution < 1.29 is 29.2 Å². The fourth-order valence-electron chi connectivity index (χ4n) is 2.41. The number of ether oxygens (including phenoxy) is 1. The van der Waals surface area contributed by atoms with Crippen molar-refractivity contribution in [2.75, 3.05) is 25.3 Å². The Morgan fingerprint density at radius 2 is 2.08 bits per heavy atom. The number of nitrogens with two attached hydrogens (primary N) is 1. The first-order valence-corrected chi connectivity index (χ1v) is 8.01. The second-order valence-electron chi connectivity index (χ2n) is 5.37. The summed E-state index contributed by atoms with van der Waals surface area (Å²) in [5, 5.41) is 11.6. The van der Waals surface area contributed by atoms with Gasteiger partial charge in [0.1, 0.15) is 18.1 Å². The van der Waals surface area contributed by atoms with E-state index >= 15 is 0 Å². The molecule has 142 valence electrons. The van der Waals surface area contributed by atoms with Crippen molar-refractivity contribution in [1.82, 2.24) is 10.5 Å². The Morgan fingerprint density at radius 3 is 2.62 bits per heavy atom. The lowest BCUT2D eigenvalue weighted by Gasteiger charge is -2.23. The summed E-state index contributed by atoms with van der Waals surface area (Å²) in [7, 11) is 1.54. The number of nitrogens with zero attached hydrogens (tertiary/aromatic N) is 2. The third kappa shape index (κ3) is 4.35. The molecule has 0 saturated carbocycles. The van der Waals surface area contributed by atoms with E-state index in [0.717, 1.165) is 6.42 Å². The summed E-state index contributed by atoms with van der Waals surface area (Å²) < 4.78 is 5.10. The van der Waals surface area contributed by atoms with Crippen molar-refractivity contribution in [2.24, 2.45) is 5.73 Å². The molecule has 1 aromatic carbocycles. The summed E-state index contributed by atoms with van der Waals surface area (Å²) in [6, 6.07) is 6.75. The molecule has 2 rings (SSSR count). The predicted octanol–water partition coefficient (Wildman–Crippen LogP) is 1.28. The fourth-order valence-corrected chi connectivity index (χ4v) is 2.41. The summed E-state index contributed by atoms with van der Waals surface area (Å²) in [6.45, 7) is 2.23. The van der Waals surface area contributed by atoms with Gasteiger partial charge >= 0.3 is 6.09 Å². The number of nitrogens with one attached hydrogen (secondary N) is 1. The summed E-state index contributed by atoms with van der Waals surface area (Å²) >= 11 is 0. The van der Waals surface area contributed by atoms with Gasteiger partial charge in [0.15, 0.2) is 5.70 Å². The molecule has 4 N–H and O–H groups in total. The highest BCUT2D eigenvalue weighted by Crippen LogP contribution is 2.31. The molecule has 1 aromatic rings. The van der Waals surface area contributed by atoms with Gasteiger partial charge in [-0.25, -0.2) is 20.4 Å². The number of hydrogen-bond acceptors (Lipinski definition) is 8. The molecule has 26 heavy (non-hydrogen) atoms. The Morgan fingerprint density at radius 1 is 1.38 bits per heavy atom. The van der Waals surface area contributed by atoms with Crippen LogP contribution in [-0.4, -0.2) is 42.5 Å². The highest BCUT2D eigenvalue weighted by Gasteiger charge is 2.35. The van der Waals surface area contributed by atoms with E-state index in [1.807, 2.05) is 6.92 Å². The molecule has 0 radical (unpaired) electrons. The van der Waals surface area contributed by atoms with Gasteiger partial charge in [-0.3, -0.25) is 14.8 Å². The maximum atomic E-state index is 12.2. The summed E-state index contributed by atoms with van der Waals surface area (Å²) in [5.41, 5.74) is 7.47. The Kier molecular flexibility index (Phi) is 6.64. The van der Waals surface area contributed by atoms with Gasteiger partial charge in [0.05, 0.1) is 19.3 Å². The third-order valence-electron chi connectivity index (χ3n) is 3.65. The average molecular weight is 366 g/mol. The summed E-state index contributed by atoms with van der Waals surface area (Å²) in [6.07, 6.45) is 0.504. The Bertz CT molecular complexity index is 676. The number of amides is 2. The van der Waals surface area contributed by atoms with Crippen LogP contribution in [0, 0.1) is 0 Å². The van der Waals surface area contributed by atoms with E-state index in [2.05, 4.69) is 0 Å². The molecule has 0 aromatic heterocycles. The minimum atomic E-state index is -1.01. The number of unbranched alkanes of at least 4 members (excludes halogenated alkanes) is 1. The SMILES string of the molecule is CCCCN(OC(N)=O)C1=C(C(=O)NO)N(c2ccc(OC)cc2)OC1. The molecular weight excluding hydrogens is 344 g/mol. The third-order valence-corrected chi connectivity index (χ3v) is 3.65. The minimum Gasteiger partial charge on any atom is -0.497 e. The standard InChI is InChI=1S/C16H22N4O6/c1-3-4-9-19(26-16(17)22)13-10-25-20(14(13)15(21)18-23)11-5-7-12(24-2)8-6-11/h5-8,23H,3-4,9-10H2,1-2H3,(H2,17,22)(H,18,21). The Hall–Kier alpha value is -2.98. The van der Waals surface area contributed by atoms with E-state index in [4.69, 9.17) is 25.4 Å². The lowest BCUT2D eigenvalue weighted by Crippen LogP contribution is -2.35. The molecular formula is C16H22N4O6. The van der Waals surface area contributed by atoms with E-state index in [0.29, 0.717) is 24.4 Å². The first-order chi connectivity index (χ1) is 12.5. The molecule has 0 spiro atoms. The molecule has 0 saturated heterocycles. The van der Waals surface area contributed by atoms with Gasteiger partial charge < -0.3 is 15.3 Å². The number of benzene rings is 1. The van der Waals surface area contributed by atoms with Crippen molar-refractivity contribution in [3.05, 3.63) is 35.7 Å². The van der Waals surface area contributed by atoms with Gasteiger partial charge in [0, 0.05) is 0 Å². The van der Waals surface area contributed by atoms with Gasteiger partial charge in [-0.05, 0) is 30.7 Å². The van der Waals surface area contributed by atoms with Crippen LogP contribution < -0.4 is 21.0 Å². The number of carbonyl (C=O) groups is 2. The molecule has 1 aliphatic heterocycles. The second-order valence-corrected chi connectivity index (χ2v) is 5.37. The molecule has 1 heterocycles. The molecule has 0 bridgehead atoms. The van der Waals surface area contributed by atoms with Crippen molar-refractivity contribution in [1.29, 1.82) is 0 Å². The maximum absolute atomic E-state index is 12.2. The van der Waals surface area contributed by atoms with Crippen LogP contribution in [0.3, 0.4) is 0 Å². The van der Waals surface area contributed by atoms with E-state index in [1.54, 1.807) is 29.7 Å². The van der Waals surface area contributed by atoms with Crippen LogP contribution in [0.5, 0.6) is 5.75 Å². The van der Waals surface area contributed by atoms with Crippen LogP contribution in [-0.2, 0) is 14.5 Å². The molecule has 2 amide bonds. The van der Waals surface area contributed by atoms with Crippen molar-refractivity contribution in [2.45, 2.75) is 19.8 Å². The predicted molar refractivity (Wildman–Crippen MR) is 90.7 cm³/mol. The molecule has 10 heteroatoms. The zero-order valence-corrected chi connectivity index (χ0v) is 14.6. The second kappa shape index (κ2) is 8.92. The van der Waals surface area contributed by atoms with Gasteiger partial charge in [0.2, 0.25) is 0 Å². The number of carbonyl (C=O) groups excluding carboxylic acids is 2. The monoisotopic (exact) mass is 366 g/mol. The topological polar surface area (TPSA) is 127 Å². The molecule has 1 aliphatic rings. The van der Waals surface area contributed by atoms with Crippen molar-refractivity contribution in [3.63, 3.8) is 0 Å². The largest absolute Gasteiger partial charge is 0.497 e. The van der Waals surface area contributed by atoms with Crippen molar-refractivity contribution in [3.8, 4) is 5.75 Å². The van der Waals surface area contributed by atoms with Gasteiger partial charge in [0.25, 0.3) is 5.91 Å². The molecule has 0 aliphatic carbocycles. The van der Waals surface area contributed by atoms with Crippen LogP contribution in [0.4, 0.5) is 10.5 Å². The molecule has 0 unspecified atom stereocenters. The number of hydrogen-bond donors (Lipinski definition) is 3. The Balaban J connectivity index is 2.40. The number of methoxy groups -OCH3 is 1. The first kappa shape index (κ1) is 19.3. The van der Waals surface area contributed by atoms with E-state index < -0.39 is 12.0 Å². The fraction of sp³-hybridized carbons (Fsp3) is 0.375. The summed E-state index contributed by atoms with van der Waals surface area (Å²) in [5.74, 6) is -0.185. The lowest BCUT2D eigenvalue weighted by atomic mass is 10.2. The normalized spacial score (nSPS) is 13.6. The quantitative estimate of drug-likeness (QED) is 0.464. The average Bonchev–Trinajstić information content (AvgIpc) is 3.09. The van der Waals surface area contributed by atoms with Crippen LogP contribution in [0.2, 0.25) is 0 Å². The maximum Gasteiger partial charge on any atom is 0.428 e. The van der Waals surface area contributed by atoms with Crippen LogP contribution in [0.15, 0.2) is 35.7 Å². The van der Waals surface area contributed by atoms with E-state index in [-0.39, 0.29) is 18.0 Å². The summed E-state index contributed by atoms with van der Waals surface area (Å²) in [4.78, 5) is 34.0. The first-order valence-electron chi connectivity index (χ1n) is 8.01. The zero-order valence-electron chi connectivity index (χ0n) is 14.6. The van der Waals surface area contributed by atoms with Crippen LogP contribution >= 0.6 is 0 Å². The van der Waals surface area contributed by atoms with E-state index in [9.17, 15) is 9.59 Å². The zero-order chi connectivity index (χ0) is 19.1. The molecule has 0 fully saturated rings. The van der Waals surface area contributed by atoms with Gasteiger partial charge in [-0.2, -0.15) is 0 Å². The van der Waals surface area contributed by atoms with Gasteiger partial charge in [-0.1, -0.05) is 13.3 Å². The van der Waals surface area contributed by atoms with E-state index in [1.165, 1.54) is 17.2 Å². The highest BCUT2D eigenvalue weighted by molar-refractivity contribution is 5.97. The molecule has 0 atom stereocenters. The Labute approximate surface area is 150 Å². The smallest absolute Gasteiger partial charge is 0.428 e. The number of hydroxylamine groups is 4. The minimum absolute atomic E-state index is 0.0185. The van der Waals surface area contributed by atoms with Crippen LogP contribution in [0.1, 0.15) is 19.8 Å². The van der Waals surface area contributed by atoms with Crippen LogP contribution in [0.25, 0.3) is 0 Å². The lowest BCUT2D eigenvalue weighted by molar-refractivity contribution is -0.126. The van der Waals surface area contributed by atoms with Gasteiger partial charge in [-0.15, -0.1) is 0 Å². The van der Waals surface area contributed by atoms with Crippen molar-refractivity contribution >= 4 is 17.7 Å². The number of anilines is 1. The number of primary amides is 1. The molecule has 10 nitrogen and oxygen atoms in total. The number of rotatable bonds is 8.